The van der Waals surface area contributed by atoms with Gasteiger partial charge in [-0.15, -0.1) is 0 Å². The van der Waals surface area contributed by atoms with E-state index in [0.717, 1.165) is 4.70 Å². The molecule has 2 N–H and O–H groups in total. The molecule has 118 valence electrons. The van der Waals surface area contributed by atoms with Crippen molar-refractivity contribution in [1.29, 1.82) is 0 Å². The first kappa shape index (κ1) is 16.2. The van der Waals surface area contributed by atoms with Crippen LogP contribution in [0, 0.1) is 5.41 Å². The molecule has 2 amide bonds. The highest BCUT2D eigenvalue weighted by atomic mass is 32.1. The maximum Gasteiger partial charge on any atom is 0.245 e. The van der Waals surface area contributed by atoms with Crippen LogP contribution >= 0.6 is 11.3 Å². The lowest BCUT2D eigenvalue weighted by Gasteiger charge is -2.17. The minimum atomic E-state index is -0.524. The Morgan fingerprint density at radius 2 is 2.05 bits per heavy atom. The third-order valence-electron chi connectivity index (χ3n) is 2.94. The zero-order chi connectivity index (χ0) is 16.3. The van der Waals surface area contributed by atoms with Gasteiger partial charge in [-0.05, 0) is 12.1 Å². The lowest BCUT2D eigenvalue weighted by molar-refractivity contribution is -0.130. The Kier molecular flexibility index (Phi) is 4.65. The molecule has 0 atom stereocenters. The maximum atomic E-state index is 11.9. The van der Waals surface area contributed by atoms with Crippen LogP contribution in [0.15, 0.2) is 18.2 Å². The predicted molar refractivity (Wildman–Crippen MR) is 87.3 cm³/mol. The largest absolute Gasteiger partial charge is 0.494 e. The van der Waals surface area contributed by atoms with Crippen molar-refractivity contribution < 1.29 is 14.3 Å². The Bertz CT molecular complexity index is 704. The van der Waals surface area contributed by atoms with Gasteiger partial charge in [0.05, 0.1) is 18.4 Å². The summed E-state index contributed by atoms with van der Waals surface area (Å²) in [6.45, 7) is 5.29. The van der Waals surface area contributed by atoms with E-state index in [0.29, 0.717) is 16.4 Å². The van der Waals surface area contributed by atoms with Crippen LogP contribution in [0.25, 0.3) is 10.2 Å². The van der Waals surface area contributed by atoms with E-state index in [4.69, 9.17) is 4.74 Å². The molecule has 1 aromatic carbocycles. The molecule has 0 spiro atoms. The number of aromatic nitrogens is 1. The van der Waals surface area contributed by atoms with Gasteiger partial charge in [0, 0.05) is 5.41 Å². The summed E-state index contributed by atoms with van der Waals surface area (Å²) in [5, 5.41) is 5.77. The molecule has 2 rings (SSSR count). The topological polar surface area (TPSA) is 80.3 Å². The van der Waals surface area contributed by atoms with E-state index in [9.17, 15) is 9.59 Å². The van der Waals surface area contributed by atoms with Gasteiger partial charge in [0.2, 0.25) is 11.8 Å². The van der Waals surface area contributed by atoms with Crippen LogP contribution in [0.5, 0.6) is 5.75 Å². The van der Waals surface area contributed by atoms with E-state index in [2.05, 4.69) is 15.6 Å². The Hall–Kier alpha value is -2.15. The summed E-state index contributed by atoms with van der Waals surface area (Å²) in [5.74, 6) is 0.180. The smallest absolute Gasteiger partial charge is 0.245 e. The Balaban J connectivity index is 2.02. The summed E-state index contributed by atoms with van der Waals surface area (Å²) in [4.78, 5) is 28.0. The molecule has 22 heavy (non-hydrogen) atoms. The Morgan fingerprint density at radius 1 is 1.32 bits per heavy atom. The van der Waals surface area contributed by atoms with Gasteiger partial charge < -0.3 is 15.4 Å². The number of carbonyl (C=O) groups is 2. The summed E-state index contributed by atoms with van der Waals surface area (Å²) in [5.41, 5.74) is 0.188. The van der Waals surface area contributed by atoms with Crippen LogP contribution in [0.4, 0.5) is 5.13 Å². The number of rotatable bonds is 4. The summed E-state index contributed by atoms with van der Waals surface area (Å²) < 4.78 is 6.16. The molecular formula is C15H19N3O3S. The van der Waals surface area contributed by atoms with E-state index in [1.165, 1.54) is 11.3 Å². The molecule has 0 radical (unpaired) electrons. The van der Waals surface area contributed by atoms with Gasteiger partial charge in [-0.25, -0.2) is 4.98 Å². The molecule has 0 aliphatic carbocycles. The second-order valence-corrected chi connectivity index (χ2v) is 6.84. The van der Waals surface area contributed by atoms with Gasteiger partial charge in [0.25, 0.3) is 0 Å². The number of benzene rings is 1. The van der Waals surface area contributed by atoms with Gasteiger partial charge in [0.1, 0.15) is 11.3 Å². The number of hydrogen-bond donors (Lipinski definition) is 2. The van der Waals surface area contributed by atoms with Crippen LogP contribution in [-0.4, -0.2) is 30.5 Å². The van der Waals surface area contributed by atoms with E-state index < -0.39 is 5.41 Å². The van der Waals surface area contributed by atoms with Crippen molar-refractivity contribution in [2.75, 3.05) is 19.0 Å². The van der Waals surface area contributed by atoms with Crippen LogP contribution < -0.4 is 15.4 Å². The summed E-state index contributed by atoms with van der Waals surface area (Å²) in [6.07, 6.45) is 0. The molecule has 6 nitrogen and oxygen atoms in total. The molecule has 0 saturated carbocycles. The zero-order valence-electron chi connectivity index (χ0n) is 13.0. The lowest BCUT2D eigenvalue weighted by atomic mass is 9.96. The van der Waals surface area contributed by atoms with Gasteiger partial charge >= 0.3 is 0 Å². The zero-order valence-corrected chi connectivity index (χ0v) is 13.8. The van der Waals surface area contributed by atoms with E-state index >= 15 is 0 Å². The van der Waals surface area contributed by atoms with Crippen molar-refractivity contribution in [3.05, 3.63) is 18.2 Å². The second kappa shape index (κ2) is 6.31. The Labute approximate surface area is 132 Å². The highest BCUT2D eigenvalue weighted by Gasteiger charge is 2.21. The molecule has 1 heterocycles. The maximum absolute atomic E-state index is 11.9. The van der Waals surface area contributed by atoms with E-state index in [1.807, 2.05) is 18.2 Å². The van der Waals surface area contributed by atoms with Gasteiger partial charge in [-0.2, -0.15) is 0 Å². The number of para-hydroxylation sites is 1. The number of nitrogens with one attached hydrogen (secondary N) is 2. The summed E-state index contributed by atoms with van der Waals surface area (Å²) >= 11 is 1.36. The van der Waals surface area contributed by atoms with Crippen LogP contribution in [0.3, 0.4) is 0 Å². The number of ether oxygens (including phenoxy) is 1. The third-order valence-corrected chi connectivity index (χ3v) is 3.87. The first-order chi connectivity index (χ1) is 10.3. The first-order valence-corrected chi connectivity index (χ1v) is 7.64. The fourth-order valence-corrected chi connectivity index (χ4v) is 2.63. The van der Waals surface area contributed by atoms with Crippen LogP contribution in [-0.2, 0) is 9.59 Å². The number of fused-ring (bicyclic) bond motifs is 1. The van der Waals surface area contributed by atoms with Crippen molar-refractivity contribution in [2.45, 2.75) is 20.8 Å². The minimum Gasteiger partial charge on any atom is -0.494 e. The number of nitrogens with zero attached hydrogens (tertiary/aromatic N) is 1. The number of thiazole rings is 1. The normalized spacial score (nSPS) is 11.3. The average Bonchev–Trinajstić information content (AvgIpc) is 2.85. The highest BCUT2D eigenvalue weighted by molar-refractivity contribution is 7.22. The van der Waals surface area contributed by atoms with E-state index in [1.54, 1.807) is 27.9 Å². The minimum absolute atomic E-state index is 0.0802. The molecule has 0 aliphatic heterocycles. The Morgan fingerprint density at radius 3 is 2.68 bits per heavy atom. The van der Waals surface area contributed by atoms with Crippen molar-refractivity contribution in [2.24, 2.45) is 5.41 Å². The first-order valence-electron chi connectivity index (χ1n) is 6.83. The molecule has 0 saturated heterocycles. The summed E-state index contributed by atoms with van der Waals surface area (Å²) in [6, 6.07) is 5.60. The van der Waals surface area contributed by atoms with Gasteiger partial charge in [-0.1, -0.05) is 38.2 Å². The molecule has 0 bridgehead atoms. The van der Waals surface area contributed by atoms with Crippen LogP contribution in [0.1, 0.15) is 20.8 Å². The molecular weight excluding hydrogens is 302 g/mol. The molecule has 1 aromatic heterocycles. The molecule has 0 unspecified atom stereocenters. The number of anilines is 1. The average molecular weight is 321 g/mol. The third kappa shape index (κ3) is 3.73. The number of hydrogen-bond acceptors (Lipinski definition) is 5. The van der Waals surface area contributed by atoms with Crippen molar-refractivity contribution >= 4 is 38.5 Å². The van der Waals surface area contributed by atoms with Gasteiger partial charge in [-0.3, -0.25) is 9.59 Å². The van der Waals surface area contributed by atoms with E-state index in [-0.39, 0.29) is 18.4 Å². The SMILES string of the molecule is COc1cccc2sc(NC(=O)CNC(=O)C(C)(C)C)nc12. The number of methoxy groups -OCH3 is 1. The fraction of sp³-hybridized carbons (Fsp3) is 0.400. The highest BCUT2D eigenvalue weighted by Crippen LogP contribution is 2.31. The van der Waals surface area contributed by atoms with Crippen LogP contribution in [0.2, 0.25) is 0 Å². The predicted octanol–water partition coefficient (Wildman–Crippen LogP) is 2.41. The van der Waals surface area contributed by atoms with Gasteiger partial charge in [0.15, 0.2) is 5.13 Å². The van der Waals surface area contributed by atoms with Crippen molar-refractivity contribution in [1.82, 2.24) is 10.3 Å². The molecule has 2 aromatic rings. The molecule has 0 fully saturated rings. The number of amides is 2. The monoisotopic (exact) mass is 321 g/mol. The second-order valence-electron chi connectivity index (χ2n) is 5.81. The standard InChI is InChI=1S/C15H19N3O3S/c1-15(2,3)13(20)16-8-11(19)17-14-18-12-9(21-4)6-5-7-10(12)22-14/h5-7H,8H2,1-4H3,(H,16,20)(H,17,18,19). The number of carbonyl (C=O) groups excluding carboxylic acids is 2. The lowest BCUT2D eigenvalue weighted by Crippen LogP contribution is -2.39. The quantitative estimate of drug-likeness (QED) is 0.906. The van der Waals surface area contributed by atoms with Crippen molar-refractivity contribution in [3.8, 4) is 5.75 Å². The molecule has 0 aliphatic rings. The fourth-order valence-electron chi connectivity index (χ4n) is 1.73. The van der Waals surface area contributed by atoms with Crippen molar-refractivity contribution in [3.63, 3.8) is 0 Å². The summed E-state index contributed by atoms with van der Waals surface area (Å²) in [7, 11) is 1.58. The molecule has 7 heteroatoms.